The molecule has 0 aliphatic rings. The quantitative estimate of drug-likeness (QED) is 0.154. The van der Waals surface area contributed by atoms with Crippen LogP contribution in [0.4, 0.5) is 0 Å². The van der Waals surface area contributed by atoms with Crippen LogP contribution in [0.25, 0.3) is 100 Å². The summed E-state index contributed by atoms with van der Waals surface area (Å²) in [5, 5.41) is 3.37. The number of rotatable bonds is 7. The molecule has 0 saturated heterocycles. The van der Waals surface area contributed by atoms with Gasteiger partial charge in [0.1, 0.15) is 0 Å². The largest absolute Gasteiger partial charge is 0.248 e. The Bertz CT molecular complexity index is 2860. The maximum Gasteiger partial charge on any atom is 0.160 e. The number of nitrogens with zero attached hydrogens (tertiary/aromatic N) is 3. The highest BCUT2D eigenvalue weighted by atomic mass is 14.9. The van der Waals surface area contributed by atoms with E-state index in [0.29, 0.717) is 5.82 Å². The predicted molar refractivity (Wildman–Crippen MR) is 233 cm³/mol. The Labute approximate surface area is 326 Å². The van der Waals surface area contributed by atoms with Crippen LogP contribution in [0.1, 0.15) is 0 Å². The molecule has 0 unspecified atom stereocenters. The van der Waals surface area contributed by atoms with Crippen molar-refractivity contribution in [2.75, 3.05) is 0 Å². The van der Waals surface area contributed by atoms with Crippen LogP contribution in [-0.4, -0.2) is 15.0 Å². The lowest BCUT2D eigenvalue weighted by Crippen LogP contribution is -1.97. The maximum absolute atomic E-state index is 5.30. The summed E-state index contributed by atoms with van der Waals surface area (Å²) in [4.78, 5) is 15.7. The third-order valence-electron chi connectivity index (χ3n) is 10.5. The van der Waals surface area contributed by atoms with Crippen molar-refractivity contribution in [3.63, 3.8) is 0 Å². The molecule has 0 fully saturated rings. The Morgan fingerprint density at radius 2 is 0.714 bits per heavy atom. The van der Waals surface area contributed by atoms with Crippen LogP contribution in [0.15, 0.2) is 212 Å². The van der Waals surface area contributed by atoms with Gasteiger partial charge in [0.15, 0.2) is 5.82 Å². The number of fused-ring (bicyclic) bond motifs is 3. The number of aromatic nitrogens is 3. The molecule has 0 aliphatic carbocycles. The van der Waals surface area contributed by atoms with Gasteiger partial charge in [-0.05, 0) is 62.4 Å². The lowest BCUT2D eigenvalue weighted by atomic mass is 9.92. The van der Waals surface area contributed by atoms with E-state index in [1.54, 1.807) is 0 Å². The Hall–Kier alpha value is -7.49. The average molecular weight is 714 g/mol. The van der Waals surface area contributed by atoms with Crippen LogP contribution < -0.4 is 0 Å². The fourth-order valence-corrected chi connectivity index (χ4v) is 7.69. The molecule has 0 atom stereocenters. The monoisotopic (exact) mass is 713 g/mol. The standard InChI is InChI=1S/C53H35N3/c1-5-14-36(15-6-1)38-24-28-42(29-25-38)50-35-51(56-53(55-50)43-30-26-39(27-31-43)37-16-7-2-8-17-37)45-22-13-23-46-44(45)32-33-48-52(46)47(40-18-9-3-10-19-40)34-49(54-48)41-20-11-4-12-21-41/h1-35H. The lowest BCUT2D eigenvalue weighted by molar-refractivity contribution is 1.18. The van der Waals surface area contributed by atoms with Crippen LogP contribution in [0.5, 0.6) is 0 Å². The molecule has 2 aromatic heterocycles. The molecule has 2 heterocycles. The molecular formula is C53H35N3. The maximum atomic E-state index is 5.30. The van der Waals surface area contributed by atoms with Crippen molar-refractivity contribution in [3.8, 4) is 78.5 Å². The minimum Gasteiger partial charge on any atom is -0.248 e. The molecule has 56 heavy (non-hydrogen) atoms. The van der Waals surface area contributed by atoms with E-state index in [-0.39, 0.29) is 0 Å². The van der Waals surface area contributed by atoms with Gasteiger partial charge >= 0.3 is 0 Å². The van der Waals surface area contributed by atoms with Crippen molar-refractivity contribution in [2.24, 2.45) is 0 Å². The van der Waals surface area contributed by atoms with Crippen molar-refractivity contribution < 1.29 is 0 Å². The van der Waals surface area contributed by atoms with Crippen molar-refractivity contribution in [3.05, 3.63) is 212 Å². The fraction of sp³-hybridized carbons (Fsp3) is 0. The molecule has 262 valence electrons. The van der Waals surface area contributed by atoms with Crippen LogP contribution in [0.2, 0.25) is 0 Å². The second kappa shape index (κ2) is 14.4. The molecule has 8 aromatic carbocycles. The second-order valence-electron chi connectivity index (χ2n) is 14.0. The summed E-state index contributed by atoms with van der Waals surface area (Å²) in [6.45, 7) is 0. The SMILES string of the molecule is c1ccc(-c2ccc(-c3cc(-c4cccc5c4ccc4nc(-c6ccccc6)cc(-c6ccccc6)c45)nc(-c4ccc(-c5ccccc5)cc4)n3)cc2)cc1. The van der Waals surface area contributed by atoms with Crippen LogP contribution in [-0.2, 0) is 0 Å². The van der Waals surface area contributed by atoms with Gasteiger partial charge in [0.05, 0.1) is 22.6 Å². The van der Waals surface area contributed by atoms with Gasteiger partial charge in [0.2, 0.25) is 0 Å². The van der Waals surface area contributed by atoms with Gasteiger partial charge < -0.3 is 0 Å². The van der Waals surface area contributed by atoms with E-state index >= 15 is 0 Å². The van der Waals surface area contributed by atoms with Crippen molar-refractivity contribution in [2.45, 2.75) is 0 Å². The molecule has 0 amide bonds. The molecule has 10 rings (SSSR count). The molecule has 0 aliphatic heterocycles. The molecule has 0 spiro atoms. The minimum absolute atomic E-state index is 0.682. The zero-order valence-corrected chi connectivity index (χ0v) is 30.5. The van der Waals surface area contributed by atoms with Crippen LogP contribution in [0.3, 0.4) is 0 Å². The molecule has 0 radical (unpaired) electrons. The third-order valence-corrected chi connectivity index (χ3v) is 10.5. The summed E-state index contributed by atoms with van der Waals surface area (Å²) in [6, 6.07) is 74.5. The first-order valence-electron chi connectivity index (χ1n) is 18.9. The third kappa shape index (κ3) is 6.31. The Kier molecular flexibility index (Phi) is 8.51. The second-order valence-corrected chi connectivity index (χ2v) is 14.0. The van der Waals surface area contributed by atoms with Gasteiger partial charge in [-0.2, -0.15) is 0 Å². The van der Waals surface area contributed by atoms with Gasteiger partial charge in [-0.25, -0.2) is 15.0 Å². The molecule has 3 nitrogen and oxygen atoms in total. The van der Waals surface area contributed by atoms with Gasteiger partial charge in [0.25, 0.3) is 0 Å². The zero-order chi connectivity index (χ0) is 37.3. The highest BCUT2D eigenvalue weighted by Gasteiger charge is 2.17. The molecule has 0 saturated carbocycles. The first-order chi connectivity index (χ1) is 27.7. The Morgan fingerprint density at radius 1 is 0.250 bits per heavy atom. The molecular weight excluding hydrogens is 679 g/mol. The molecule has 3 heteroatoms. The normalized spacial score (nSPS) is 11.2. The molecule has 0 bridgehead atoms. The van der Waals surface area contributed by atoms with E-state index in [4.69, 9.17) is 15.0 Å². The lowest BCUT2D eigenvalue weighted by Gasteiger charge is -2.15. The van der Waals surface area contributed by atoms with Gasteiger partial charge in [-0.3, -0.25) is 0 Å². The van der Waals surface area contributed by atoms with Gasteiger partial charge in [-0.15, -0.1) is 0 Å². The topological polar surface area (TPSA) is 38.7 Å². The average Bonchev–Trinajstić information content (AvgIpc) is 3.29. The van der Waals surface area contributed by atoms with Gasteiger partial charge in [-0.1, -0.05) is 194 Å². The van der Waals surface area contributed by atoms with E-state index in [0.717, 1.165) is 77.7 Å². The fourth-order valence-electron chi connectivity index (χ4n) is 7.69. The van der Waals surface area contributed by atoms with Crippen molar-refractivity contribution >= 4 is 21.7 Å². The zero-order valence-electron chi connectivity index (χ0n) is 30.5. The smallest absolute Gasteiger partial charge is 0.160 e. The van der Waals surface area contributed by atoms with E-state index in [9.17, 15) is 0 Å². The summed E-state index contributed by atoms with van der Waals surface area (Å²) < 4.78 is 0. The van der Waals surface area contributed by atoms with E-state index in [2.05, 4.69) is 194 Å². The minimum atomic E-state index is 0.682. The summed E-state index contributed by atoms with van der Waals surface area (Å²) in [6.07, 6.45) is 0. The Morgan fingerprint density at radius 3 is 1.32 bits per heavy atom. The first-order valence-corrected chi connectivity index (χ1v) is 18.9. The highest BCUT2D eigenvalue weighted by molar-refractivity contribution is 6.16. The van der Waals surface area contributed by atoms with Crippen molar-refractivity contribution in [1.82, 2.24) is 15.0 Å². The van der Waals surface area contributed by atoms with E-state index in [1.165, 1.54) is 16.7 Å². The predicted octanol–water partition coefficient (Wildman–Crippen LogP) is 13.8. The van der Waals surface area contributed by atoms with Gasteiger partial charge in [0, 0.05) is 27.6 Å². The summed E-state index contributed by atoms with van der Waals surface area (Å²) in [7, 11) is 0. The summed E-state index contributed by atoms with van der Waals surface area (Å²) in [5.74, 6) is 0.682. The highest BCUT2D eigenvalue weighted by Crippen LogP contribution is 2.40. The molecule has 10 aromatic rings. The van der Waals surface area contributed by atoms with Crippen LogP contribution in [0, 0.1) is 0 Å². The Balaban J connectivity index is 1.16. The molecule has 0 N–H and O–H groups in total. The van der Waals surface area contributed by atoms with E-state index < -0.39 is 0 Å². The van der Waals surface area contributed by atoms with E-state index in [1.807, 2.05) is 18.2 Å². The van der Waals surface area contributed by atoms with Crippen molar-refractivity contribution in [1.29, 1.82) is 0 Å². The van der Waals surface area contributed by atoms with Crippen LogP contribution >= 0.6 is 0 Å². The number of hydrogen-bond donors (Lipinski definition) is 0. The number of pyridine rings is 1. The number of hydrogen-bond acceptors (Lipinski definition) is 3. The summed E-state index contributed by atoms with van der Waals surface area (Å²) >= 11 is 0. The number of benzene rings is 8. The summed E-state index contributed by atoms with van der Waals surface area (Å²) in [5.41, 5.74) is 14.8. The first kappa shape index (κ1) is 33.1.